The normalized spacial score (nSPS) is 11.0. The minimum Gasteiger partial charge on any atom is -0.493 e. The van der Waals surface area contributed by atoms with Gasteiger partial charge in [0, 0.05) is 24.1 Å². The first-order chi connectivity index (χ1) is 10.2. The Morgan fingerprint density at radius 3 is 2.76 bits per heavy atom. The summed E-state index contributed by atoms with van der Waals surface area (Å²) in [5.41, 5.74) is 2.62. The van der Waals surface area contributed by atoms with Gasteiger partial charge in [0.25, 0.3) is 0 Å². The molecule has 1 aromatic carbocycles. The second kappa shape index (κ2) is 5.48. The van der Waals surface area contributed by atoms with Crippen molar-refractivity contribution in [2.24, 2.45) is 0 Å². The highest BCUT2D eigenvalue weighted by Gasteiger charge is 2.14. The van der Waals surface area contributed by atoms with Gasteiger partial charge in [0.2, 0.25) is 5.56 Å². The van der Waals surface area contributed by atoms with Gasteiger partial charge in [0.1, 0.15) is 5.76 Å². The SMILES string of the molecule is CCCc1cc2c(-c3ccc(=O)[nH]c3)ccc(OC)c2o1. The van der Waals surface area contributed by atoms with E-state index in [0.29, 0.717) is 0 Å². The van der Waals surface area contributed by atoms with Gasteiger partial charge in [-0.25, -0.2) is 0 Å². The van der Waals surface area contributed by atoms with E-state index in [1.807, 2.05) is 18.2 Å². The molecule has 0 radical (unpaired) electrons. The molecule has 2 heterocycles. The van der Waals surface area contributed by atoms with Gasteiger partial charge in [-0.3, -0.25) is 4.79 Å². The quantitative estimate of drug-likeness (QED) is 0.793. The van der Waals surface area contributed by atoms with Crippen LogP contribution in [-0.2, 0) is 6.42 Å². The maximum atomic E-state index is 11.2. The molecule has 3 aromatic rings. The van der Waals surface area contributed by atoms with Crippen LogP contribution >= 0.6 is 0 Å². The van der Waals surface area contributed by atoms with Crippen LogP contribution in [0.4, 0.5) is 0 Å². The van der Waals surface area contributed by atoms with E-state index in [4.69, 9.17) is 9.15 Å². The number of aromatic nitrogens is 1. The van der Waals surface area contributed by atoms with Crippen LogP contribution in [0.1, 0.15) is 19.1 Å². The number of aromatic amines is 1. The van der Waals surface area contributed by atoms with Crippen LogP contribution in [0.2, 0.25) is 0 Å². The van der Waals surface area contributed by atoms with E-state index >= 15 is 0 Å². The van der Waals surface area contributed by atoms with E-state index in [1.54, 1.807) is 13.3 Å². The Morgan fingerprint density at radius 2 is 2.10 bits per heavy atom. The van der Waals surface area contributed by atoms with Crippen LogP contribution in [0, 0.1) is 0 Å². The van der Waals surface area contributed by atoms with Crippen molar-refractivity contribution in [3.8, 4) is 16.9 Å². The van der Waals surface area contributed by atoms with Crippen molar-refractivity contribution in [3.05, 3.63) is 52.6 Å². The second-order valence-electron chi connectivity index (χ2n) is 4.96. The van der Waals surface area contributed by atoms with Gasteiger partial charge in [0.05, 0.1) is 7.11 Å². The predicted molar refractivity (Wildman–Crippen MR) is 82.8 cm³/mol. The predicted octanol–water partition coefficient (Wildman–Crippen LogP) is 3.75. The third-order valence-corrected chi connectivity index (χ3v) is 3.51. The molecular formula is C17H17NO3. The molecule has 0 bridgehead atoms. The number of rotatable bonds is 4. The van der Waals surface area contributed by atoms with E-state index in [1.165, 1.54) is 6.07 Å². The molecule has 0 saturated carbocycles. The zero-order chi connectivity index (χ0) is 14.8. The summed E-state index contributed by atoms with van der Waals surface area (Å²) in [6.07, 6.45) is 3.63. The first-order valence-corrected chi connectivity index (χ1v) is 7.01. The molecule has 0 spiro atoms. The number of benzene rings is 1. The minimum atomic E-state index is -0.109. The van der Waals surface area contributed by atoms with Gasteiger partial charge in [-0.15, -0.1) is 0 Å². The van der Waals surface area contributed by atoms with Gasteiger partial charge in [-0.05, 0) is 41.8 Å². The van der Waals surface area contributed by atoms with E-state index in [2.05, 4.69) is 18.0 Å². The average Bonchev–Trinajstić information content (AvgIpc) is 2.91. The van der Waals surface area contributed by atoms with Crippen molar-refractivity contribution < 1.29 is 9.15 Å². The Labute approximate surface area is 122 Å². The third-order valence-electron chi connectivity index (χ3n) is 3.51. The van der Waals surface area contributed by atoms with E-state index in [-0.39, 0.29) is 5.56 Å². The van der Waals surface area contributed by atoms with Gasteiger partial charge in [-0.2, -0.15) is 0 Å². The Morgan fingerprint density at radius 1 is 1.24 bits per heavy atom. The van der Waals surface area contributed by atoms with Crippen molar-refractivity contribution in [1.82, 2.24) is 4.98 Å². The molecule has 108 valence electrons. The molecule has 0 aliphatic rings. The van der Waals surface area contributed by atoms with Crippen LogP contribution < -0.4 is 10.3 Å². The largest absolute Gasteiger partial charge is 0.493 e. The first kappa shape index (κ1) is 13.5. The number of H-pyrrole nitrogens is 1. The highest BCUT2D eigenvalue weighted by molar-refractivity contribution is 5.97. The topological polar surface area (TPSA) is 55.2 Å². The summed E-state index contributed by atoms with van der Waals surface area (Å²) < 4.78 is 11.3. The molecule has 2 aromatic heterocycles. The maximum Gasteiger partial charge on any atom is 0.247 e. The lowest BCUT2D eigenvalue weighted by atomic mass is 10.0. The van der Waals surface area contributed by atoms with Crippen LogP contribution in [0.15, 0.2) is 45.7 Å². The lowest BCUT2D eigenvalue weighted by Crippen LogP contribution is -2.01. The fraction of sp³-hybridized carbons (Fsp3) is 0.235. The summed E-state index contributed by atoms with van der Waals surface area (Å²) in [5, 5.41) is 1.00. The second-order valence-corrected chi connectivity index (χ2v) is 4.96. The Balaban J connectivity index is 2.23. The smallest absolute Gasteiger partial charge is 0.247 e. The molecule has 3 rings (SSSR count). The number of methoxy groups -OCH3 is 1. The average molecular weight is 283 g/mol. The number of ether oxygens (including phenoxy) is 1. The van der Waals surface area contributed by atoms with Crippen LogP contribution in [0.3, 0.4) is 0 Å². The summed E-state index contributed by atoms with van der Waals surface area (Å²) in [7, 11) is 1.64. The highest BCUT2D eigenvalue weighted by atomic mass is 16.5. The number of furan rings is 1. The van der Waals surface area contributed by atoms with Crippen LogP contribution in [0.25, 0.3) is 22.1 Å². The van der Waals surface area contributed by atoms with Crippen LogP contribution in [0.5, 0.6) is 5.75 Å². The van der Waals surface area contributed by atoms with Gasteiger partial charge >= 0.3 is 0 Å². The maximum absolute atomic E-state index is 11.2. The Hall–Kier alpha value is -2.49. The zero-order valence-corrected chi connectivity index (χ0v) is 12.1. The minimum absolute atomic E-state index is 0.109. The van der Waals surface area contributed by atoms with Crippen molar-refractivity contribution in [1.29, 1.82) is 0 Å². The number of hydrogen-bond acceptors (Lipinski definition) is 3. The molecule has 4 heteroatoms. The highest BCUT2D eigenvalue weighted by Crippen LogP contribution is 2.36. The lowest BCUT2D eigenvalue weighted by molar-refractivity contribution is 0.407. The summed E-state index contributed by atoms with van der Waals surface area (Å²) >= 11 is 0. The summed E-state index contributed by atoms with van der Waals surface area (Å²) in [6.45, 7) is 2.12. The van der Waals surface area contributed by atoms with Crippen molar-refractivity contribution in [2.45, 2.75) is 19.8 Å². The van der Waals surface area contributed by atoms with Crippen LogP contribution in [-0.4, -0.2) is 12.1 Å². The van der Waals surface area contributed by atoms with Gasteiger partial charge < -0.3 is 14.1 Å². The molecule has 0 saturated heterocycles. The van der Waals surface area contributed by atoms with Crippen molar-refractivity contribution in [2.75, 3.05) is 7.11 Å². The first-order valence-electron chi connectivity index (χ1n) is 7.01. The molecule has 21 heavy (non-hydrogen) atoms. The molecule has 1 N–H and O–H groups in total. The summed E-state index contributed by atoms with van der Waals surface area (Å²) in [6, 6.07) is 9.27. The monoisotopic (exact) mass is 283 g/mol. The van der Waals surface area contributed by atoms with Gasteiger partial charge in [0.15, 0.2) is 11.3 Å². The van der Waals surface area contributed by atoms with Gasteiger partial charge in [-0.1, -0.05) is 6.92 Å². The zero-order valence-electron chi connectivity index (χ0n) is 12.1. The summed E-state index contributed by atoms with van der Waals surface area (Å²) in [4.78, 5) is 13.9. The lowest BCUT2D eigenvalue weighted by Gasteiger charge is -2.05. The van der Waals surface area contributed by atoms with Crippen molar-refractivity contribution >= 4 is 11.0 Å². The third kappa shape index (κ3) is 2.44. The van der Waals surface area contributed by atoms with E-state index in [9.17, 15) is 4.79 Å². The fourth-order valence-electron chi connectivity index (χ4n) is 2.51. The number of fused-ring (bicyclic) bond motifs is 1. The molecule has 0 aliphatic heterocycles. The molecule has 0 atom stereocenters. The molecule has 0 amide bonds. The molecule has 0 unspecified atom stereocenters. The number of pyridine rings is 1. The molecule has 0 aliphatic carbocycles. The standard InChI is InChI=1S/C17H17NO3/c1-3-4-12-9-14-13(11-5-8-16(19)18-10-11)6-7-15(20-2)17(14)21-12/h5-10H,3-4H2,1-2H3,(H,18,19). The number of aryl methyl sites for hydroxylation is 1. The number of hydrogen-bond donors (Lipinski definition) is 1. The van der Waals surface area contributed by atoms with E-state index in [0.717, 1.165) is 46.4 Å². The molecule has 4 nitrogen and oxygen atoms in total. The van der Waals surface area contributed by atoms with E-state index < -0.39 is 0 Å². The molecular weight excluding hydrogens is 266 g/mol. The van der Waals surface area contributed by atoms with Crippen molar-refractivity contribution in [3.63, 3.8) is 0 Å². The summed E-state index contributed by atoms with van der Waals surface area (Å²) in [5.74, 6) is 1.67. The Kier molecular flexibility index (Phi) is 3.52. The molecule has 0 fully saturated rings. The Bertz CT molecular complexity index is 809. The fourth-order valence-corrected chi connectivity index (χ4v) is 2.51. The number of nitrogens with one attached hydrogen (secondary N) is 1.